The summed E-state index contributed by atoms with van der Waals surface area (Å²) in [6.45, 7) is 2.28. The Kier molecular flexibility index (Phi) is 6.36. The molecule has 3 N–H and O–H groups in total. The van der Waals surface area contributed by atoms with E-state index in [1.165, 1.54) is 25.3 Å². The highest BCUT2D eigenvalue weighted by atomic mass is 19.1. The zero-order valence-corrected chi connectivity index (χ0v) is 16.1. The first-order valence-electron chi connectivity index (χ1n) is 8.90. The summed E-state index contributed by atoms with van der Waals surface area (Å²) in [5.41, 5.74) is 7.93. The molecule has 0 atom stereocenters. The third-order valence-corrected chi connectivity index (χ3v) is 4.14. The second-order valence-electron chi connectivity index (χ2n) is 6.27. The molecule has 0 saturated carbocycles. The molecule has 0 bridgehead atoms. The van der Waals surface area contributed by atoms with Crippen LogP contribution in [0.5, 0.6) is 17.2 Å². The Hall–Kier alpha value is -3.52. The summed E-state index contributed by atoms with van der Waals surface area (Å²) in [7, 11) is 1.46. The highest BCUT2D eigenvalue weighted by Gasteiger charge is 2.14. The third kappa shape index (κ3) is 5.05. The molecule has 1 aromatic heterocycles. The first-order valence-corrected chi connectivity index (χ1v) is 8.90. The van der Waals surface area contributed by atoms with Crippen LogP contribution < -0.4 is 20.5 Å². The zero-order chi connectivity index (χ0) is 20.8. The van der Waals surface area contributed by atoms with E-state index in [2.05, 4.69) is 15.3 Å². The fourth-order valence-electron chi connectivity index (χ4n) is 2.55. The summed E-state index contributed by atoms with van der Waals surface area (Å²) >= 11 is 0. The van der Waals surface area contributed by atoms with Gasteiger partial charge < -0.3 is 20.5 Å². The van der Waals surface area contributed by atoms with Crippen molar-refractivity contribution < 1.29 is 18.7 Å². The molecule has 8 heteroatoms. The van der Waals surface area contributed by atoms with Crippen LogP contribution in [0.4, 0.5) is 4.39 Å². The maximum Gasteiger partial charge on any atom is 0.251 e. The summed E-state index contributed by atoms with van der Waals surface area (Å²) in [5.74, 6) is -0.294. The second kappa shape index (κ2) is 9.11. The van der Waals surface area contributed by atoms with Gasteiger partial charge in [-0.05, 0) is 42.8 Å². The van der Waals surface area contributed by atoms with Crippen LogP contribution in [0.1, 0.15) is 27.3 Å². The molecule has 7 nitrogen and oxygen atoms in total. The molecule has 0 saturated heterocycles. The highest BCUT2D eigenvalue weighted by molar-refractivity contribution is 5.94. The molecule has 0 unspecified atom stereocenters. The first kappa shape index (κ1) is 20.2. The van der Waals surface area contributed by atoms with E-state index >= 15 is 0 Å². The molecular formula is C21H21FN4O3. The minimum atomic E-state index is -0.553. The number of methoxy groups -OCH3 is 1. The van der Waals surface area contributed by atoms with E-state index in [0.717, 1.165) is 5.69 Å². The standard InChI is InChI=1S/C21H21FN4O3/c1-13-10-25-16(11-24-13)12-26-21(27)15-4-6-19(28-2)20(8-15)29-18-5-3-14(9-23)7-17(18)22/h3-8,10-11H,9,12,23H2,1-2H3,(H,26,27). The Bertz CT molecular complexity index is 1010. The van der Waals surface area contributed by atoms with Crippen molar-refractivity contribution in [3.8, 4) is 17.2 Å². The minimum Gasteiger partial charge on any atom is -0.493 e. The molecule has 0 spiro atoms. The Labute approximate surface area is 167 Å². The highest BCUT2D eigenvalue weighted by Crippen LogP contribution is 2.33. The summed E-state index contributed by atoms with van der Waals surface area (Å²) in [5, 5.41) is 2.76. The van der Waals surface area contributed by atoms with E-state index in [9.17, 15) is 9.18 Å². The molecular weight excluding hydrogens is 375 g/mol. The van der Waals surface area contributed by atoms with Gasteiger partial charge in [-0.2, -0.15) is 0 Å². The number of aryl methyl sites for hydroxylation is 1. The fourth-order valence-corrected chi connectivity index (χ4v) is 2.55. The van der Waals surface area contributed by atoms with Crippen molar-refractivity contribution in [3.05, 3.63) is 77.1 Å². The Morgan fingerprint density at radius 3 is 2.55 bits per heavy atom. The topological polar surface area (TPSA) is 99.4 Å². The van der Waals surface area contributed by atoms with Crippen LogP contribution in [0.25, 0.3) is 0 Å². The average Bonchev–Trinajstić information content (AvgIpc) is 2.74. The zero-order valence-electron chi connectivity index (χ0n) is 16.1. The maximum atomic E-state index is 14.2. The quantitative estimate of drug-likeness (QED) is 0.637. The molecule has 1 heterocycles. The number of halogens is 1. The van der Waals surface area contributed by atoms with E-state index in [4.69, 9.17) is 15.2 Å². The van der Waals surface area contributed by atoms with Crippen molar-refractivity contribution in [2.24, 2.45) is 5.73 Å². The molecule has 0 aliphatic heterocycles. The molecule has 2 aromatic carbocycles. The number of amides is 1. The summed E-state index contributed by atoms with van der Waals surface area (Å²) in [6, 6.07) is 9.13. The van der Waals surface area contributed by atoms with Crippen molar-refractivity contribution >= 4 is 5.91 Å². The number of hydrogen-bond acceptors (Lipinski definition) is 6. The van der Waals surface area contributed by atoms with Crippen LogP contribution in [0.2, 0.25) is 0 Å². The van der Waals surface area contributed by atoms with Gasteiger partial charge in [0, 0.05) is 18.3 Å². The number of carbonyl (C=O) groups excluding carboxylic acids is 1. The lowest BCUT2D eigenvalue weighted by Gasteiger charge is -2.13. The van der Waals surface area contributed by atoms with Gasteiger partial charge in [0.1, 0.15) is 0 Å². The van der Waals surface area contributed by atoms with Gasteiger partial charge in [0.05, 0.1) is 31.2 Å². The number of nitrogens with zero attached hydrogens (tertiary/aromatic N) is 2. The van der Waals surface area contributed by atoms with Gasteiger partial charge in [-0.15, -0.1) is 0 Å². The molecule has 150 valence electrons. The summed E-state index contributed by atoms with van der Waals surface area (Å²) < 4.78 is 25.2. The lowest BCUT2D eigenvalue weighted by molar-refractivity contribution is 0.0950. The summed E-state index contributed by atoms with van der Waals surface area (Å²) in [6.07, 6.45) is 3.23. The van der Waals surface area contributed by atoms with Gasteiger partial charge in [0.15, 0.2) is 23.1 Å². The molecule has 0 aliphatic rings. The van der Waals surface area contributed by atoms with Gasteiger partial charge in [-0.25, -0.2) is 4.39 Å². The first-order chi connectivity index (χ1) is 14.0. The van der Waals surface area contributed by atoms with Crippen LogP contribution in [-0.4, -0.2) is 23.0 Å². The predicted molar refractivity (Wildman–Crippen MR) is 105 cm³/mol. The fraction of sp³-hybridized carbons (Fsp3) is 0.190. The van der Waals surface area contributed by atoms with Crippen LogP contribution in [0.3, 0.4) is 0 Å². The lowest BCUT2D eigenvalue weighted by atomic mass is 10.1. The van der Waals surface area contributed by atoms with Crippen LogP contribution >= 0.6 is 0 Å². The molecule has 29 heavy (non-hydrogen) atoms. The van der Waals surface area contributed by atoms with E-state index in [0.29, 0.717) is 22.6 Å². The van der Waals surface area contributed by atoms with Crippen molar-refractivity contribution in [2.45, 2.75) is 20.0 Å². The van der Waals surface area contributed by atoms with Gasteiger partial charge in [-0.1, -0.05) is 6.07 Å². The van der Waals surface area contributed by atoms with E-state index in [-0.39, 0.29) is 30.5 Å². The van der Waals surface area contributed by atoms with Crippen LogP contribution in [0, 0.1) is 12.7 Å². The van der Waals surface area contributed by atoms with Gasteiger partial charge in [0.25, 0.3) is 5.91 Å². The van der Waals surface area contributed by atoms with Gasteiger partial charge in [0.2, 0.25) is 0 Å². The Morgan fingerprint density at radius 2 is 1.90 bits per heavy atom. The number of rotatable bonds is 7. The van der Waals surface area contributed by atoms with Crippen molar-refractivity contribution in [1.82, 2.24) is 15.3 Å². The lowest BCUT2D eigenvalue weighted by Crippen LogP contribution is -2.23. The third-order valence-electron chi connectivity index (χ3n) is 4.14. The van der Waals surface area contributed by atoms with Crippen molar-refractivity contribution in [1.29, 1.82) is 0 Å². The maximum absolute atomic E-state index is 14.2. The minimum absolute atomic E-state index is 0.00740. The molecule has 1 amide bonds. The molecule has 0 fully saturated rings. The smallest absolute Gasteiger partial charge is 0.251 e. The normalized spacial score (nSPS) is 10.5. The number of nitrogens with one attached hydrogen (secondary N) is 1. The van der Waals surface area contributed by atoms with Crippen molar-refractivity contribution in [3.63, 3.8) is 0 Å². The van der Waals surface area contributed by atoms with Gasteiger partial charge in [-0.3, -0.25) is 14.8 Å². The second-order valence-corrected chi connectivity index (χ2v) is 6.27. The largest absolute Gasteiger partial charge is 0.493 e. The number of benzene rings is 2. The number of aromatic nitrogens is 2. The molecule has 0 aliphatic carbocycles. The predicted octanol–water partition coefficient (Wildman–Crippen LogP) is 3.11. The Morgan fingerprint density at radius 1 is 1.10 bits per heavy atom. The number of nitrogens with two attached hydrogens (primary N) is 1. The summed E-state index contributed by atoms with van der Waals surface area (Å²) in [4.78, 5) is 20.8. The van der Waals surface area contributed by atoms with E-state index in [1.807, 2.05) is 6.92 Å². The number of ether oxygens (including phenoxy) is 2. The van der Waals surface area contributed by atoms with Gasteiger partial charge >= 0.3 is 0 Å². The Balaban J connectivity index is 1.77. The molecule has 3 rings (SSSR count). The average molecular weight is 396 g/mol. The van der Waals surface area contributed by atoms with Crippen molar-refractivity contribution in [2.75, 3.05) is 7.11 Å². The van der Waals surface area contributed by atoms with E-state index in [1.54, 1.807) is 30.6 Å². The van der Waals surface area contributed by atoms with Crippen LogP contribution in [-0.2, 0) is 13.1 Å². The monoisotopic (exact) mass is 396 g/mol. The molecule has 0 radical (unpaired) electrons. The molecule has 3 aromatic rings. The SMILES string of the molecule is COc1ccc(C(=O)NCc2cnc(C)cn2)cc1Oc1ccc(CN)cc1F. The number of carbonyl (C=O) groups is 1. The number of hydrogen-bond donors (Lipinski definition) is 2. The van der Waals surface area contributed by atoms with E-state index < -0.39 is 5.82 Å². The van der Waals surface area contributed by atoms with Crippen LogP contribution in [0.15, 0.2) is 48.8 Å².